The molecule has 110 valence electrons. The molecule has 1 aromatic rings. The lowest BCUT2D eigenvalue weighted by molar-refractivity contribution is -0.139. The van der Waals surface area contributed by atoms with Gasteiger partial charge in [-0.3, -0.25) is 0 Å². The van der Waals surface area contributed by atoms with Crippen LogP contribution in [0.2, 0.25) is 0 Å². The number of phenols is 1. The Bertz CT molecular complexity index is 443. The van der Waals surface area contributed by atoms with Crippen LogP contribution in [0.15, 0.2) is 24.3 Å². The van der Waals surface area contributed by atoms with Crippen molar-refractivity contribution >= 4 is 12.1 Å². The molecule has 1 atom stereocenters. The molecular weight excluding hydrogens is 262 g/mol. The summed E-state index contributed by atoms with van der Waals surface area (Å²) in [6.45, 7) is 2.24. The van der Waals surface area contributed by atoms with Gasteiger partial charge in [-0.15, -0.1) is 0 Å². The molecule has 0 aromatic heterocycles. The van der Waals surface area contributed by atoms with Gasteiger partial charge in [-0.25, -0.2) is 9.59 Å². The number of benzene rings is 1. The Morgan fingerprint density at radius 2 is 1.95 bits per heavy atom. The number of phenolic OH excluding ortho intramolecular Hbond substituents is 1. The van der Waals surface area contributed by atoms with Crippen molar-refractivity contribution in [3.63, 3.8) is 0 Å². The zero-order valence-corrected chi connectivity index (χ0v) is 11.3. The number of ether oxygens (including phenoxy) is 1. The molecule has 0 radical (unpaired) electrons. The van der Waals surface area contributed by atoms with E-state index in [9.17, 15) is 9.59 Å². The van der Waals surface area contributed by atoms with Crippen molar-refractivity contribution in [3.05, 3.63) is 29.8 Å². The number of nitrogens with one attached hydrogen (secondary N) is 1. The van der Waals surface area contributed by atoms with Gasteiger partial charge in [0.05, 0.1) is 6.61 Å². The maximum Gasteiger partial charge on any atom is 0.407 e. The lowest BCUT2D eigenvalue weighted by Crippen LogP contribution is -2.42. The molecule has 0 aliphatic heterocycles. The molecule has 20 heavy (non-hydrogen) atoms. The molecule has 0 bridgehead atoms. The number of alkyl carbamates (subject to hydrolysis) is 1. The molecule has 0 unspecified atom stereocenters. The molecule has 0 saturated carbocycles. The van der Waals surface area contributed by atoms with Gasteiger partial charge >= 0.3 is 12.1 Å². The molecule has 0 aliphatic rings. The first-order valence-electron chi connectivity index (χ1n) is 6.47. The van der Waals surface area contributed by atoms with Gasteiger partial charge in [0.2, 0.25) is 0 Å². The summed E-state index contributed by atoms with van der Waals surface area (Å²) < 4.78 is 4.87. The highest BCUT2D eigenvalue weighted by molar-refractivity contribution is 5.80. The molecule has 0 spiro atoms. The van der Waals surface area contributed by atoms with E-state index in [1.54, 1.807) is 12.1 Å². The maximum atomic E-state index is 11.4. The zero-order chi connectivity index (χ0) is 15.0. The number of aliphatic carboxylic acids is 1. The molecule has 0 heterocycles. The van der Waals surface area contributed by atoms with Crippen LogP contribution in [0.5, 0.6) is 5.75 Å². The fourth-order valence-electron chi connectivity index (χ4n) is 1.56. The molecule has 6 heteroatoms. The fraction of sp³-hybridized carbons (Fsp3) is 0.429. The van der Waals surface area contributed by atoms with Crippen molar-refractivity contribution < 1.29 is 24.5 Å². The number of carbonyl (C=O) groups excluding carboxylic acids is 1. The van der Waals surface area contributed by atoms with E-state index in [1.165, 1.54) is 12.1 Å². The minimum Gasteiger partial charge on any atom is -0.508 e. The number of carboxylic acid groups (broad SMARTS) is 1. The number of aromatic hydroxyl groups is 1. The van der Waals surface area contributed by atoms with Crippen LogP contribution in [0.4, 0.5) is 4.79 Å². The predicted octanol–water partition coefficient (Wildman–Crippen LogP) is 1.91. The molecular formula is C14H19NO5. The highest BCUT2D eigenvalue weighted by Gasteiger charge is 2.21. The fourth-order valence-corrected chi connectivity index (χ4v) is 1.56. The molecule has 6 nitrogen and oxygen atoms in total. The Labute approximate surface area is 117 Å². The van der Waals surface area contributed by atoms with Crippen molar-refractivity contribution in [2.45, 2.75) is 32.2 Å². The van der Waals surface area contributed by atoms with Crippen molar-refractivity contribution in [1.82, 2.24) is 5.32 Å². The zero-order valence-electron chi connectivity index (χ0n) is 11.3. The van der Waals surface area contributed by atoms with Crippen LogP contribution in [0.3, 0.4) is 0 Å². The van der Waals surface area contributed by atoms with Crippen molar-refractivity contribution in [2.24, 2.45) is 0 Å². The highest BCUT2D eigenvalue weighted by Crippen LogP contribution is 2.11. The summed E-state index contributed by atoms with van der Waals surface area (Å²) in [4.78, 5) is 22.6. The summed E-state index contributed by atoms with van der Waals surface area (Å²) in [5, 5.41) is 20.6. The van der Waals surface area contributed by atoms with E-state index in [4.69, 9.17) is 14.9 Å². The van der Waals surface area contributed by atoms with Gasteiger partial charge in [0.25, 0.3) is 0 Å². The smallest absolute Gasteiger partial charge is 0.407 e. The van der Waals surface area contributed by atoms with E-state index in [2.05, 4.69) is 5.32 Å². The van der Waals surface area contributed by atoms with Gasteiger partial charge in [0.1, 0.15) is 11.8 Å². The second-order valence-electron chi connectivity index (χ2n) is 4.40. The Hall–Kier alpha value is -2.24. The molecule has 3 N–H and O–H groups in total. The third-order valence-electron chi connectivity index (χ3n) is 2.70. The van der Waals surface area contributed by atoms with Crippen LogP contribution in [0.1, 0.15) is 25.3 Å². The number of unbranched alkanes of at least 4 members (excludes halogenated alkanes) is 1. The number of hydrogen-bond donors (Lipinski definition) is 3. The van der Waals surface area contributed by atoms with E-state index in [-0.39, 0.29) is 18.8 Å². The standard InChI is InChI=1S/C14H19NO5/c1-2-3-8-20-14(19)15-12(13(17)18)9-10-4-6-11(16)7-5-10/h4-7,12,16H,2-3,8-9H2,1H3,(H,15,19)(H,17,18)/t12-/m0/s1. The minimum absolute atomic E-state index is 0.104. The summed E-state index contributed by atoms with van der Waals surface area (Å²) >= 11 is 0. The van der Waals surface area contributed by atoms with E-state index in [1.807, 2.05) is 6.92 Å². The van der Waals surface area contributed by atoms with Crippen LogP contribution < -0.4 is 5.32 Å². The first-order valence-corrected chi connectivity index (χ1v) is 6.47. The van der Waals surface area contributed by atoms with E-state index >= 15 is 0 Å². The first kappa shape index (κ1) is 15.8. The molecule has 0 aliphatic carbocycles. The predicted molar refractivity (Wildman–Crippen MR) is 72.6 cm³/mol. The summed E-state index contributed by atoms with van der Waals surface area (Å²) in [6, 6.07) is 5.08. The number of amides is 1. The number of rotatable bonds is 7. The quantitative estimate of drug-likeness (QED) is 0.663. The third kappa shape index (κ3) is 5.60. The number of carbonyl (C=O) groups is 2. The SMILES string of the molecule is CCCCOC(=O)N[C@@H](Cc1ccc(O)cc1)C(=O)O. The van der Waals surface area contributed by atoms with Crippen LogP contribution in [0.25, 0.3) is 0 Å². The van der Waals surface area contributed by atoms with E-state index in [0.29, 0.717) is 5.56 Å². The average Bonchev–Trinajstić information content (AvgIpc) is 2.40. The van der Waals surface area contributed by atoms with Gasteiger partial charge in [0, 0.05) is 6.42 Å². The second kappa shape index (κ2) is 8.04. The van der Waals surface area contributed by atoms with Crippen molar-refractivity contribution in [2.75, 3.05) is 6.61 Å². The third-order valence-corrected chi connectivity index (χ3v) is 2.70. The Balaban J connectivity index is 2.54. The lowest BCUT2D eigenvalue weighted by Gasteiger charge is -2.14. The molecule has 1 rings (SSSR count). The monoisotopic (exact) mass is 281 g/mol. The van der Waals surface area contributed by atoms with Gasteiger partial charge in [0.15, 0.2) is 0 Å². The minimum atomic E-state index is -1.13. The lowest BCUT2D eigenvalue weighted by atomic mass is 10.1. The van der Waals surface area contributed by atoms with Crippen LogP contribution in [-0.2, 0) is 16.0 Å². The Morgan fingerprint density at radius 1 is 1.30 bits per heavy atom. The first-order chi connectivity index (χ1) is 9.52. The van der Waals surface area contributed by atoms with Gasteiger partial charge in [-0.05, 0) is 24.1 Å². The van der Waals surface area contributed by atoms with Crippen molar-refractivity contribution in [3.8, 4) is 5.75 Å². The molecule has 0 saturated heterocycles. The normalized spacial score (nSPS) is 11.7. The molecule has 0 fully saturated rings. The van der Waals surface area contributed by atoms with Gasteiger partial charge < -0.3 is 20.3 Å². The number of hydrogen-bond acceptors (Lipinski definition) is 4. The molecule has 1 amide bonds. The second-order valence-corrected chi connectivity index (χ2v) is 4.40. The van der Waals surface area contributed by atoms with Crippen LogP contribution in [0, 0.1) is 0 Å². The summed E-state index contributed by atoms with van der Waals surface area (Å²) in [6.07, 6.45) is 1.02. The highest BCUT2D eigenvalue weighted by atomic mass is 16.5. The van der Waals surface area contributed by atoms with E-state index in [0.717, 1.165) is 12.8 Å². The van der Waals surface area contributed by atoms with Gasteiger partial charge in [-0.1, -0.05) is 25.5 Å². The van der Waals surface area contributed by atoms with E-state index < -0.39 is 18.1 Å². The number of carboxylic acids is 1. The Morgan fingerprint density at radius 3 is 2.50 bits per heavy atom. The average molecular weight is 281 g/mol. The summed E-state index contributed by atoms with van der Waals surface area (Å²) in [5.74, 6) is -1.03. The molecule has 1 aromatic carbocycles. The Kier molecular flexibility index (Phi) is 6.36. The largest absolute Gasteiger partial charge is 0.508 e. The van der Waals surface area contributed by atoms with Crippen molar-refractivity contribution in [1.29, 1.82) is 0 Å². The summed E-state index contributed by atoms with van der Waals surface area (Å²) in [5.41, 5.74) is 0.698. The summed E-state index contributed by atoms with van der Waals surface area (Å²) in [7, 11) is 0. The topological polar surface area (TPSA) is 95.9 Å². The maximum absolute atomic E-state index is 11.4. The van der Waals surface area contributed by atoms with Crippen LogP contribution >= 0.6 is 0 Å². The van der Waals surface area contributed by atoms with Crippen LogP contribution in [-0.4, -0.2) is 34.9 Å². The van der Waals surface area contributed by atoms with Gasteiger partial charge in [-0.2, -0.15) is 0 Å².